The number of halogens is 3. The zero-order valence-electron chi connectivity index (χ0n) is 15.7. The number of thioether (sulfide) groups is 1. The fraction of sp³-hybridized carbons (Fsp3) is 0.167. The van der Waals surface area contributed by atoms with Gasteiger partial charge in [-0.2, -0.15) is 13.2 Å². The number of fused-ring (bicyclic) bond motifs is 1. The molecule has 31 heavy (non-hydrogen) atoms. The summed E-state index contributed by atoms with van der Waals surface area (Å²) in [6.07, 6.45) is -4.59. The second-order valence-electron chi connectivity index (χ2n) is 6.32. The average Bonchev–Trinajstić information content (AvgIpc) is 3.03. The second kappa shape index (κ2) is 8.26. The number of benzene rings is 2. The van der Waals surface area contributed by atoms with Crippen LogP contribution in [0.3, 0.4) is 0 Å². The van der Waals surface area contributed by atoms with Crippen molar-refractivity contribution in [3.63, 3.8) is 0 Å². The van der Waals surface area contributed by atoms with Gasteiger partial charge in [0.15, 0.2) is 5.16 Å². The molecule has 3 rings (SSSR count). The number of nitro groups is 1. The summed E-state index contributed by atoms with van der Waals surface area (Å²) in [6, 6.07) is 7.12. The van der Waals surface area contributed by atoms with Gasteiger partial charge in [-0.15, -0.1) is 0 Å². The Morgan fingerprint density at radius 1 is 1.26 bits per heavy atom. The van der Waals surface area contributed by atoms with Crippen LogP contribution >= 0.6 is 11.8 Å². The van der Waals surface area contributed by atoms with E-state index in [9.17, 15) is 32.9 Å². The molecule has 0 saturated carbocycles. The van der Waals surface area contributed by atoms with Crippen LogP contribution in [0.15, 0.2) is 47.6 Å². The predicted octanol–water partition coefficient (Wildman–Crippen LogP) is 3.63. The number of imidazole rings is 1. The van der Waals surface area contributed by atoms with Crippen LogP contribution in [0.25, 0.3) is 16.7 Å². The van der Waals surface area contributed by atoms with Crippen LogP contribution in [0, 0.1) is 10.1 Å². The lowest BCUT2D eigenvalue weighted by atomic mass is 10.2. The summed E-state index contributed by atoms with van der Waals surface area (Å²) in [5.74, 6) is -0.730. The minimum Gasteiger partial charge on any atom is -0.351 e. The monoisotopic (exact) mass is 453 g/mol. The molecule has 1 aromatic heterocycles. The first-order chi connectivity index (χ1) is 14.5. The molecular weight excluding hydrogens is 439 g/mol. The maximum absolute atomic E-state index is 13.2. The van der Waals surface area contributed by atoms with Crippen molar-refractivity contribution >= 4 is 40.4 Å². The maximum atomic E-state index is 13.2. The Morgan fingerprint density at radius 3 is 2.58 bits per heavy atom. The number of nitro benzene ring substituents is 1. The Morgan fingerprint density at radius 2 is 1.97 bits per heavy atom. The Balaban J connectivity index is 2.15. The quantitative estimate of drug-likeness (QED) is 0.344. The smallest absolute Gasteiger partial charge is 0.351 e. The molecule has 0 fully saturated rings. The van der Waals surface area contributed by atoms with E-state index < -0.39 is 33.9 Å². The molecule has 0 radical (unpaired) electrons. The maximum Gasteiger partial charge on any atom is 0.416 e. The van der Waals surface area contributed by atoms with Crippen LogP contribution < -0.4 is 11.1 Å². The van der Waals surface area contributed by atoms with Gasteiger partial charge in [-0.25, -0.2) is 9.78 Å². The van der Waals surface area contributed by atoms with E-state index in [4.69, 9.17) is 5.73 Å². The van der Waals surface area contributed by atoms with E-state index in [2.05, 4.69) is 4.98 Å². The number of hydrogen-bond acceptors (Lipinski definition) is 6. The summed E-state index contributed by atoms with van der Waals surface area (Å²) in [5, 5.41) is 12.2. The van der Waals surface area contributed by atoms with Crippen LogP contribution in [-0.4, -0.2) is 31.7 Å². The summed E-state index contributed by atoms with van der Waals surface area (Å²) < 4.78 is 41.0. The molecule has 0 unspecified atom stereocenters. The summed E-state index contributed by atoms with van der Waals surface area (Å²) >= 11 is 0.849. The van der Waals surface area contributed by atoms with Crippen LogP contribution in [-0.2, 0) is 11.0 Å². The third-order valence-corrected chi connectivity index (χ3v) is 5.20. The van der Waals surface area contributed by atoms with Crippen LogP contribution in [0.1, 0.15) is 12.5 Å². The molecule has 2 aromatic carbocycles. The highest BCUT2D eigenvalue weighted by molar-refractivity contribution is 8.00. The van der Waals surface area contributed by atoms with Gasteiger partial charge in [-0.1, -0.05) is 17.8 Å². The molecule has 9 nitrogen and oxygen atoms in total. The van der Waals surface area contributed by atoms with E-state index in [1.807, 2.05) is 5.32 Å². The number of alkyl halides is 3. The zero-order chi connectivity index (χ0) is 22.9. The lowest BCUT2D eigenvalue weighted by molar-refractivity contribution is -0.384. The number of imide groups is 1. The molecule has 0 aliphatic carbocycles. The SMILES string of the molecule is C[C@@H](Sc1nc2cc([N+](=O)[O-])ccc2n1-c1cccc(C(F)(F)F)c1)C(=O)NC(N)=O. The summed E-state index contributed by atoms with van der Waals surface area (Å²) in [6.45, 7) is 1.45. The van der Waals surface area contributed by atoms with E-state index >= 15 is 0 Å². The third kappa shape index (κ3) is 4.77. The van der Waals surface area contributed by atoms with Crippen molar-refractivity contribution in [3.8, 4) is 5.69 Å². The number of primary amides is 1. The number of carbonyl (C=O) groups excluding carboxylic acids is 2. The number of rotatable bonds is 5. The van der Waals surface area contributed by atoms with Crippen molar-refractivity contribution in [1.29, 1.82) is 0 Å². The van der Waals surface area contributed by atoms with Gasteiger partial charge in [0.05, 0.1) is 26.8 Å². The number of nitrogens with one attached hydrogen (secondary N) is 1. The second-order valence-corrected chi connectivity index (χ2v) is 7.63. The Labute approximate surface area is 176 Å². The molecule has 3 N–H and O–H groups in total. The topological polar surface area (TPSA) is 133 Å². The van der Waals surface area contributed by atoms with Gasteiger partial charge in [0.1, 0.15) is 0 Å². The number of urea groups is 1. The van der Waals surface area contributed by atoms with E-state index in [1.165, 1.54) is 41.8 Å². The number of nitrogens with zero attached hydrogens (tertiary/aromatic N) is 3. The molecule has 0 saturated heterocycles. The van der Waals surface area contributed by atoms with Crippen molar-refractivity contribution < 1.29 is 27.7 Å². The Kier molecular flexibility index (Phi) is 5.88. The van der Waals surface area contributed by atoms with Gasteiger partial charge in [0.2, 0.25) is 5.91 Å². The van der Waals surface area contributed by atoms with Crippen LogP contribution in [0.4, 0.5) is 23.7 Å². The van der Waals surface area contributed by atoms with Gasteiger partial charge >= 0.3 is 12.2 Å². The number of amides is 3. The van der Waals surface area contributed by atoms with Gasteiger partial charge in [-0.05, 0) is 31.2 Å². The molecule has 0 bridgehead atoms. The molecule has 13 heteroatoms. The van der Waals surface area contributed by atoms with Gasteiger partial charge < -0.3 is 5.73 Å². The predicted molar refractivity (Wildman–Crippen MR) is 106 cm³/mol. The Bertz CT molecular complexity index is 1190. The molecule has 3 amide bonds. The summed E-state index contributed by atoms with van der Waals surface area (Å²) in [7, 11) is 0. The summed E-state index contributed by atoms with van der Waals surface area (Å²) in [4.78, 5) is 37.7. The molecule has 0 aliphatic heterocycles. The van der Waals surface area contributed by atoms with E-state index in [1.54, 1.807) is 0 Å². The first kappa shape index (κ1) is 22.1. The van der Waals surface area contributed by atoms with Gasteiger partial charge in [-0.3, -0.25) is 24.8 Å². The highest BCUT2D eigenvalue weighted by atomic mass is 32.2. The van der Waals surface area contributed by atoms with Crippen LogP contribution in [0.2, 0.25) is 0 Å². The van der Waals surface area contributed by atoms with E-state index in [-0.39, 0.29) is 22.0 Å². The average molecular weight is 453 g/mol. The van der Waals surface area contributed by atoms with Crippen molar-refractivity contribution in [2.45, 2.75) is 23.5 Å². The van der Waals surface area contributed by atoms with Crippen molar-refractivity contribution in [2.75, 3.05) is 0 Å². The lowest BCUT2D eigenvalue weighted by Crippen LogP contribution is -2.39. The number of carbonyl (C=O) groups is 2. The molecule has 3 aromatic rings. The molecule has 1 heterocycles. The minimum absolute atomic E-state index is 0.0937. The van der Waals surface area contributed by atoms with E-state index in [0.717, 1.165) is 23.9 Å². The van der Waals surface area contributed by atoms with Gasteiger partial charge in [0, 0.05) is 17.8 Å². The number of non-ortho nitro benzene ring substituents is 1. The minimum atomic E-state index is -4.59. The highest BCUT2D eigenvalue weighted by Crippen LogP contribution is 2.35. The normalized spacial score (nSPS) is 12.5. The lowest BCUT2D eigenvalue weighted by Gasteiger charge is -2.14. The van der Waals surface area contributed by atoms with E-state index in [0.29, 0.717) is 5.52 Å². The van der Waals surface area contributed by atoms with Crippen molar-refractivity contribution in [2.24, 2.45) is 5.73 Å². The number of aromatic nitrogens is 2. The first-order valence-corrected chi connectivity index (χ1v) is 9.47. The molecule has 162 valence electrons. The fourth-order valence-corrected chi connectivity index (χ4v) is 3.69. The van der Waals surface area contributed by atoms with Crippen molar-refractivity contribution in [3.05, 3.63) is 58.1 Å². The molecule has 0 aliphatic rings. The van der Waals surface area contributed by atoms with Crippen molar-refractivity contribution in [1.82, 2.24) is 14.9 Å². The molecule has 1 atom stereocenters. The highest BCUT2D eigenvalue weighted by Gasteiger charge is 2.31. The number of hydrogen-bond donors (Lipinski definition) is 2. The largest absolute Gasteiger partial charge is 0.416 e. The molecular formula is C18H14F3N5O4S. The van der Waals surface area contributed by atoms with Crippen LogP contribution in [0.5, 0.6) is 0 Å². The fourth-order valence-electron chi connectivity index (χ4n) is 2.74. The van der Waals surface area contributed by atoms with Gasteiger partial charge in [0.25, 0.3) is 5.69 Å². The molecule has 0 spiro atoms. The first-order valence-electron chi connectivity index (χ1n) is 8.59. The Hall–Kier alpha value is -3.61. The number of nitrogens with two attached hydrogens (primary N) is 1. The summed E-state index contributed by atoms with van der Waals surface area (Å²) in [5.41, 5.74) is 4.33. The zero-order valence-corrected chi connectivity index (χ0v) is 16.5. The third-order valence-electron chi connectivity index (χ3n) is 4.15. The standard InChI is InChI=1S/C18H14F3N5O4S/c1-9(15(27)24-16(22)28)31-17-23-13-8-12(26(29)30)5-6-14(13)25(17)11-4-2-3-10(7-11)18(19,20)21/h2-9H,1H3,(H3,22,24,27,28)/t9-/m1/s1.